The number of benzene rings is 1. The molecule has 0 N–H and O–H groups in total. The highest BCUT2D eigenvalue weighted by Gasteiger charge is 2.21. The third kappa shape index (κ3) is 2.37. The van der Waals surface area contributed by atoms with Gasteiger partial charge in [0.2, 0.25) is 0 Å². The van der Waals surface area contributed by atoms with E-state index in [0.717, 1.165) is 0 Å². The molecule has 0 amide bonds. The fourth-order valence-electron chi connectivity index (χ4n) is 1.64. The molecule has 0 saturated heterocycles. The summed E-state index contributed by atoms with van der Waals surface area (Å²) in [7, 11) is 2.68. The van der Waals surface area contributed by atoms with Crippen LogP contribution in [0, 0.1) is 12.7 Å². The lowest BCUT2D eigenvalue weighted by molar-refractivity contribution is 0.593. The molecule has 2 rings (SSSR count). The van der Waals surface area contributed by atoms with Crippen LogP contribution in [0.2, 0.25) is 0 Å². The van der Waals surface area contributed by atoms with E-state index in [0.29, 0.717) is 11.1 Å². The van der Waals surface area contributed by atoms with Gasteiger partial charge < -0.3 is 0 Å². The predicted octanol–water partition coefficient (Wildman–Crippen LogP) is 1.86. The Balaban J connectivity index is 2.63. The minimum absolute atomic E-state index is 0.233. The molecule has 0 saturated carbocycles. The Labute approximate surface area is 108 Å². The van der Waals surface area contributed by atoms with E-state index in [1.165, 1.54) is 23.7 Å². The van der Waals surface area contributed by atoms with Gasteiger partial charge >= 0.3 is 0 Å². The van der Waals surface area contributed by atoms with E-state index in [-0.39, 0.29) is 11.0 Å². The molecular weight excluding hydrogens is 281 g/mol. The third-order valence-electron chi connectivity index (χ3n) is 2.35. The monoisotopic (exact) mass is 289 g/mol. The van der Waals surface area contributed by atoms with Crippen molar-refractivity contribution in [2.24, 2.45) is 7.05 Å². The second-order valence-electron chi connectivity index (χ2n) is 3.82. The second kappa shape index (κ2) is 4.33. The van der Waals surface area contributed by atoms with Gasteiger partial charge in [0.05, 0.1) is 0 Å². The minimum atomic E-state index is -3.97. The minimum Gasteiger partial charge on any atom is -0.300 e. The van der Waals surface area contributed by atoms with Gasteiger partial charge in [-0.2, -0.15) is 0 Å². The van der Waals surface area contributed by atoms with Crippen molar-refractivity contribution in [3.05, 3.63) is 29.6 Å². The molecule has 5 nitrogen and oxygen atoms in total. The van der Waals surface area contributed by atoms with Crippen molar-refractivity contribution in [3.63, 3.8) is 0 Å². The summed E-state index contributed by atoms with van der Waals surface area (Å²) >= 11 is 0. The van der Waals surface area contributed by atoms with Crippen LogP contribution in [0.5, 0.6) is 0 Å². The Morgan fingerprint density at radius 2 is 1.94 bits per heavy atom. The molecule has 1 heterocycles. The Morgan fingerprint density at radius 3 is 2.44 bits per heavy atom. The van der Waals surface area contributed by atoms with Crippen LogP contribution >= 0.6 is 10.7 Å². The lowest BCUT2D eigenvalue weighted by Crippen LogP contribution is -2.03. The van der Waals surface area contributed by atoms with Gasteiger partial charge in [-0.15, -0.1) is 10.2 Å². The molecule has 0 radical (unpaired) electrons. The molecule has 0 aliphatic carbocycles. The van der Waals surface area contributed by atoms with Gasteiger partial charge in [0, 0.05) is 23.3 Å². The highest BCUT2D eigenvalue weighted by Crippen LogP contribution is 2.22. The van der Waals surface area contributed by atoms with Gasteiger partial charge in [-0.1, -0.05) is 0 Å². The Bertz CT molecular complexity index is 692. The number of rotatable bonds is 2. The maximum atomic E-state index is 13.3. The van der Waals surface area contributed by atoms with Gasteiger partial charge in [0.25, 0.3) is 14.2 Å². The van der Waals surface area contributed by atoms with Crippen molar-refractivity contribution in [1.82, 2.24) is 14.8 Å². The van der Waals surface area contributed by atoms with Crippen LogP contribution in [0.1, 0.15) is 5.56 Å². The zero-order valence-electron chi connectivity index (χ0n) is 9.55. The van der Waals surface area contributed by atoms with Crippen LogP contribution in [0.25, 0.3) is 11.4 Å². The van der Waals surface area contributed by atoms with Crippen molar-refractivity contribution in [2.75, 3.05) is 0 Å². The Kier molecular flexibility index (Phi) is 3.12. The SMILES string of the molecule is Cc1cc(F)cc(-c2nnc(S(=O)(=O)Cl)n2C)c1. The van der Waals surface area contributed by atoms with Crippen molar-refractivity contribution in [2.45, 2.75) is 12.1 Å². The summed E-state index contributed by atoms with van der Waals surface area (Å²) < 4.78 is 36.9. The zero-order chi connectivity index (χ0) is 13.5. The molecule has 8 heteroatoms. The summed E-state index contributed by atoms with van der Waals surface area (Å²) in [5, 5.41) is 6.84. The summed E-state index contributed by atoms with van der Waals surface area (Å²) in [5.41, 5.74) is 1.14. The molecule has 0 spiro atoms. The molecule has 18 heavy (non-hydrogen) atoms. The molecule has 0 aliphatic heterocycles. The largest absolute Gasteiger partial charge is 0.300 e. The first kappa shape index (κ1) is 13.0. The number of hydrogen-bond donors (Lipinski definition) is 0. The average molecular weight is 290 g/mol. The fraction of sp³-hybridized carbons (Fsp3) is 0.200. The second-order valence-corrected chi connectivity index (χ2v) is 6.28. The van der Waals surface area contributed by atoms with Crippen molar-refractivity contribution in [3.8, 4) is 11.4 Å². The van der Waals surface area contributed by atoms with E-state index in [9.17, 15) is 12.8 Å². The standard InChI is InChI=1S/C10H9ClFN3O2S/c1-6-3-7(5-8(12)4-6)9-13-14-10(15(9)2)18(11,16)17/h3-5H,1-2H3. The molecule has 0 bridgehead atoms. The number of hydrogen-bond acceptors (Lipinski definition) is 4. The molecule has 0 fully saturated rings. The molecule has 1 aromatic carbocycles. The van der Waals surface area contributed by atoms with Crippen LogP contribution < -0.4 is 0 Å². The summed E-state index contributed by atoms with van der Waals surface area (Å²) in [6.45, 7) is 1.72. The fourth-order valence-corrected chi connectivity index (χ4v) is 2.60. The van der Waals surface area contributed by atoms with E-state index in [2.05, 4.69) is 10.2 Å². The van der Waals surface area contributed by atoms with Crippen LogP contribution in [0.15, 0.2) is 23.4 Å². The lowest BCUT2D eigenvalue weighted by Gasteiger charge is -2.03. The first-order valence-corrected chi connectivity index (χ1v) is 7.21. The van der Waals surface area contributed by atoms with E-state index >= 15 is 0 Å². The maximum Gasteiger partial charge on any atom is 0.296 e. The maximum absolute atomic E-state index is 13.3. The third-order valence-corrected chi connectivity index (χ3v) is 3.56. The summed E-state index contributed by atoms with van der Waals surface area (Å²) in [5.74, 6) is -0.194. The van der Waals surface area contributed by atoms with Gasteiger partial charge in [-0.3, -0.25) is 4.57 Å². The predicted molar refractivity (Wildman–Crippen MR) is 64.2 cm³/mol. The van der Waals surface area contributed by atoms with Crippen LogP contribution in [-0.4, -0.2) is 23.2 Å². The van der Waals surface area contributed by atoms with Crippen molar-refractivity contribution >= 4 is 19.7 Å². The summed E-state index contributed by atoms with van der Waals surface area (Å²) in [6.07, 6.45) is 0. The molecular formula is C10H9ClFN3O2S. The Morgan fingerprint density at radius 1 is 1.28 bits per heavy atom. The summed E-state index contributed by atoms with van der Waals surface area (Å²) in [6, 6.07) is 4.29. The average Bonchev–Trinajstić information content (AvgIpc) is 2.57. The first-order valence-electron chi connectivity index (χ1n) is 4.90. The van der Waals surface area contributed by atoms with E-state index in [4.69, 9.17) is 10.7 Å². The smallest absolute Gasteiger partial charge is 0.296 e. The quantitative estimate of drug-likeness (QED) is 0.792. The summed E-state index contributed by atoms with van der Waals surface area (Å²) in [4.78, 5) is 0. The van der Waals surface area contributed by atoms with Gasteiger partial charge in [-0.25, -0.2) is 12.8 Å². The van der Waals surface area contributed by atoms with Gasteiger partial charge in [0.1, 0.15) is 5.82 Å². The molecule has 0 atom stereocenters. The topological polar surface area (TPSA) is 64.8 Å². The van der Waals surface area contributed by atoms with Gasteiger partial charge in [-0.05, 0) is 30.7 Å². The number of nitrogens with zero attached hydrogens (tertiary/aromatic N) is 3. The van der Waals surface area contributed by atoms with Gasteiger partial charge in [0.15, 0.2) is 5.82 Å². The Hall–Kier alpha value is -1.47. The molecule has 1 aromatic heterocycles. The number of halogens is 2. The first-order chi connectivity index (χ1) is 8.29. The number of aryl methyl sites for hydroxylation is 1. The molecule has 0 unspecified atom stereocenters. The van der Waals surface area contributed by atoms with Crippen LogP contribution in [-0.2, 0) is 16.1 Å². The van der Waals surface area contributed by atoms with Crippen LogP contribution in [0.4, 0.5) is 4.39 Å². The molecule has 96 valence electrons. The highest BCUT2D eigenvalue weighted by atomic mass is 35.7. The van der Waals surface area contributed by atoms with Crippen molar-refractivity contribution in [1.29, 1.82) is 0 Å². The highest BCUT2D eigenvalue weighted by molar-refractivity contribution is 8.13. The van der Waals surface area contributed by atoms with E-state index < -0.39 is 14.9 Å². The van der Waals surface area contributed by atoms with Crippen molar-refractivity contribution < 1.29 is 12.8 Å². The lowest BCUT2D eigenvalue weighted by atomic mass is 10.1. The zero-order valence-corrected chi connectivity index (χ0v) is 11.1. The molecule has 0 aliphatic rings. The van der Waals surface area contributed by atoms with Crippen LogP contribution in [0.3, 0.4) is 0 Å². The van der Waals surface area contributed by atoms with E-state index in [1.807, 2.05) is 0 Å². The molecule has 2 aromatic rings. The normalized spacial score (nSPS) is 11.8. The van der Waals surface area contributed by atoms with E-state index in [1.54, 1.807) is 13.0 Å². The number of aromatic nitrogens is 3.